The normalized spacial score (nSPS) is 12.4. The minimum absolute atomic E-state index is 0.253. The molecule has 0 aliphatic rings. The van der Waals surface area contributed by atoms with Gasteiger partial charge in [0.2, 0.25) is 5.95 Å². The lowest BCUT2D eigenvalue weighted by molar-refractivity contribution is 0.0239. The van der Waals surface area contributed by atoms with E-state index in [1.807, 2.05) is 13.8 Å². The van der Waals surface area contributed by atoms with Gasteiger partial charge in [0.05, 0.1) is 17.3 Å². The van der Waals surface area contributed by atoms with Crippen LogP contribution in [0.15, 0.2) is 6.20 Å². The maximum Gasteiger partial charge on any atom is 0.239 e. The summed E-state index contributed by atoms with van der Waals surface area (Å²) in [4.78, 5) is 7.96. The zero-order valence-electron chi connectivity index (χ0n) is 10.4. The van der Waals surface area contributed by atoms with E-state index in [4.69, 9.17) is 17.4 Å². The third kappa shape index (κ3) is 3.18. The molecule has 6 nitrogen and oxygen atoms in total. The minimum Gasteiger partial charge on any atom is -0.388 e. The molecule has 0 spiro atoms. The van der Waals surface area contributed by atoms with Crippen molar-refractivity contribution in [2.24, 2.45) is 5.84 Å². The Labute approximate surface area is 106 Å². The van der Waals surface area contributed by atoms with E-state index >= 15 is 0 Å². The van der Waals surface area contributed by atoms with Crippen molar-refractivity contribution in [3.05, 3.63) is 11.2 Å². The number of aromatic nitrogens is 2. The summed E-state index contributed by atoms with van der Waals surface area (Å²) < 4.78 is 0. The lowest BCUT2D eigenvalue weighted by Crippen LogP contribution is -2.51. The molecule has 0 fully saturated rings. The summed E-state index contributed by atoms with van der Waals surface area (Å²) in [5.41, 5.74) is 0.775. The fourth-order valence-electron chi connectivity index (χ4n) is 0.973. The molecule has 7 heteroatoms. The van der Waals surface area contributed by atoms with Crippen LogP contribution in [0.3, 0.4) is 0 Å². The van der Waals surface area contributed by atoms with Crippen LogP contribution >= 0.6 is 11.6 Å². The molecule has 0 aliphatic carbocycles. The predicted molar refractivity (Wildman–Crippen MR) is 68.9 cm³/mol. The fraction of sp³-hybridized carbons (Fsp3) is 0.600. The summed E-state index contributed by atoms with van der Waals surface area (Å²) in [6.45, 7) is 7.11. The van der Waals surface area contributed by atoms with E-state index in [0.717, 1.165) is 0 Å². The van der Waals surface area contributed by atoms with E-state index in [0.29, 0.717) is 10.8 Å². The SMILES string of the molecule is CC(C)(O)C(C)(C)Nc1nc(NN)ncc1Cl. The minimum atomic E-state index is -0.947. The van der Waals surface area contributed by atoms with E-state index in [9.17, 15) is 5.11 Å². The molecule has 0 atom stereocenters. The highest BCUT2D eigenvalue weighted by Crippen LogP contribution is 2.28. The third-order valence-electron chi connectivity index (χ3n) is 2.83. The topological polar surface area (TPSA) is 96.1 Å². The average Bonchev–Trinajstić information content (AvgIpc) is 2.19. The number of halogens is 1. The third-order valence-corrected chi connectivity index (χ3v) is 3.11. The fourth-order valence-corrected chi connectivity index (χ4v) is 1.11. The number of nitrogens with zero attached hydrogens (tertiary/aromatic N) is 2. The molecule has 0 radical (unpaired) electrons. The van der Waals surface area contributed by atoms with E-state index in [1.165, 1.54) is 6.20 Å². The zero-order valence-corrected chi connectivity index (χ0v) is 11.1. The van der Waals surface area contributed by atoms with Gasteiger partial charge in [-0.2, -0.15) is 4.98 Å². The van der Waals surface area contributed by atoms with E-state index in [2.05, 4.69) is 20.7 Å². The molecule has 1 aromatic heterocycles. The standard InChI is InChI=1S/C10H18ClN5O/c1-9(2,10(3,4)17)15-7-6(11)5-13-8(14-7)16-12/h5,17H,12H2,1-4H3,(H2,13,14,15,16). The van der Waals surface area contributed by atoms with Crippen LogP contribution in [0.1, 0.15) is 27.7 Å². The van der Waals surface area contributed by atoms with Gasteiger partial charge in [-0.15, -0.1) is 0 Å². The summed E-state index contributed by atoms with van der Waals surface area (Å²) in [5, 5.41) is 13.5. The number of hydrogen-bond donors (Lipinski definition) is 4. The lowest BCUT2D eigenvalue weighted by atomic mass is 9.86. The Morgan fingerprint density at radius 1 is 1.35 bits per heavy atom. The molecular weight excluding hydrogens is 242 g/mol. The maximum absolute atomic E-state index is 10.0. The second-order valence-electron chi connectivity index (χ2n) is 4.84. The Balaban J connectivity index is 3.02. The molecule has 96 valence electrons. The average molecular weight is 260 g/mol. The highest BCUT2D eigenvalue weighted by Gasteiger charge is 2.35. The molecule has 0 saturated heterocycles. The van der Waals surface area contributed by atoms with E-state index in [1.54, 1.807) is 13.8 Å². The molecule has 0 aromatic carbocycles. The number of rotatable bonds is 4. The second-order valence-corrected chi connectivity index (χ2v) is 5.25. The first-order valence-electron chi connectivity index (χ1n) is 5.17. The van der Waals surface area contributed by atoms with Gasteiger partial charge in [0.1, 0.15) is 5.02 Å². The zero-order chi connectivity index (χ0) is 13.3. The number of nitrogens with two attached hydrogens (primary N) is 1. The van der Waals surface area contributed by atoms with Gasteiger partial charge < -0.3 is 10.4 Å². The van der Waals surface area contributed by atoms with Crippen molar-refractivity contribution < 1.29 is 5.11 Å². The van der Waals surface area contributed by atoms with Gasteiger partial charge in [0.15, 0.2) is 5.82 Å². The lowest BCUT2D eigenvalue weighted by Gasteiger charge is -2.38. The Morgan fingerprint density at radius 2 is 1.94 bits per heavy atom. The van der Waals surface area contributed by atoms with Gasteiger partial charge in [-0.3, -0.25) is 5.43 Å². The molecule has 5 N–H and O–H groups in total. The van der Waals surface area contributed by atoms with Crippen LogP contribution in [0.2, 0.25) is 5.02 Å². The number of nitrogens with one attached hydrogen (secondary N) is 2. The molecule has 0 bridgehead atoms. The van der Waals surface area contributed by atoms with E-state index < -0.39 is 11.1 Å². The van der Waals surface area contributed by atoms with Gasteiger partial charge in [0.25, 0.3) is 0 Å². The Bertz CT molecular complexity index is 402. The molecule has 1 heterocycles. The van der Waals surface area contributed by atoms with Crippen molar-refractivity contribution in [1.82, 2.24) is 9.97 Å². The first-order chi connectivity index (χ1) is 7.67. The van der Waals surface area contributed by atoms with Crippen molar-refractivity contribution in [3.8, 4) is 0 Å². The van der Waals surface area contributed by atoms with Gasteiger partial charge >= 0.3 is 0 Å². The largest absolute Gasteiger partial charge is 0.388 e. The highest BCUT2D eigenvalue weighted by molar-refractivity contribution is 6.32. The van der Waals surface area contributed by atoms with Crippen molar-refractivity contribution in [2.45, 2.75) is 38.8 Å². The van der Waals surface area contributed by atoms with Crippen molar-refractivity contribution in [1.29, 1.82) is 0 Å². The van der Waals surface area contributed by atoms with Crippen LogP contribution in [0.25, 0.3) is 0 Å². The molecule has 0 aliphatic heterocycles. The van der Waals surface area contributed by atoms with E-state index in [-0.39, 0.29) is 5.95 Å². The summed E-state index contributed by atoms with van der Waals surface area (Å²) >= 11 is 5.97. The molecule has 1 rings (SSSR count). The van der Waals surface area contributed by atoms with Crippen molar-refractivity contribution in [3.63, 3.8) is 0 Å². The summed E-state index contributed by atoms with van der Waals surface area (Å²) in [6.07, 6.45) is 1.44. The van der Waals surface area contributed by atoms with Crippen LogP contribution in [-0.2, 0) is 0 Å². The summed E-state index contributed by atoms with van der Waals surface area (Å²) in [6, 6.07) is 0. The monoisotopic (exact) mass is 259 g/mol. The van der Waals surface area contributed by atoms with Crippen LogP contribution in [-0.4, -0.2) is 26.2 Å². The second kappa shape index (κ2) is 4.64. The first kappa shape index (κ1) is 14.0. The highest BCUT2D eigenvalue weighted by atomic mass is 35.5. The number of hydrazine groups is 1. The molecule has 0 saturated carbocycles. The smallest absolute Gasteiger partial charge is 0.239 e. The van der Waals surface area contributed by atoms with Crippen molar-refractivity contribution in [2.75, 3.05) is 10.7 Å². The summed E-state index contributed by atoms with van der Waals surface area (Å²) in [7, 11) is 0. The number of nitrogen functional groups attached to an aromatic ring is 1. The van der Waals surface area contributed by atoms with Crippen molar-refractivity contribution >= 4 is 23.4 Å². The quantitative estimate of drug-likeness (QED) is 0.482. The van der Waals surface area contributed by atoms with Gasteiger partial charge in [-0.1, -0.05) is 11.6 Å². The van der Waals surface area contributed by atoms with Crippen LogP contribution in [0.5, 0.6) is 0 Å². The Morgan fingerprint density at radius 3 is 2.41 bits per heavy atom. The molecule has 17 heavy (non-hydrogen) atoms. The Kier molecular flexibility index (Phi) is 3.81. The number of aliphatic hydroxyl groups is 1. The van der Waals surface area contributed by atoms with Crippen LogP contribution in [0, 0.1) is 0 Å². The maximum atomic E-state index is 10.0. The number of hydrogen-bond acceptors (Lipinski definition) is 6. The first-order valence-corrected chi connectivity index (χ1v) is 5.55. The number of anilines is 2. The molecule has 1 aromatic rings. The van der Waals surface area contributed by atoms with Gasteiger partial charge in [-0.25, -0.2) is 10.8 Å². The van der Waals surface area contributed by atoms with Crippen LogP contribution in [0.4, 0.5) is 11.8 Å². The van der Waals surface area contributed by atoms with Gasteiger partial charge in [0, 0.05) is 0 Å². The molecular formula is C10H18ClN5O. The molecule has 0 amide bonds. The molecule has 0 unspecified atom stereocenters. The Hall–Kier alpha value is -1.11. The summed E-state index contributed by atoms with van der Waals surface area (Å²) in [5.74, 6) is 5.89. The predicted octanol–water partition coefficient (Wildman–Crippen LogP) is 1.38. The van der Waals surface area contributed by atoms with Crippen LogP contribution < -0.4 is 16.6 Å². The van der Waals surface area contributed by atoms with Gasteiger partial charge in [-0.05, 0) is 27.7 Å².